The van der Waals surface area contributed by atoms with Gasteiger partial charge in [0.1, 0.15) is 11.6 Å². The van der Waals surface area contributed by atoms with Crippen LogP contribution in [0, 0.1) is 43.1 Å². The Morgan fingerprint density at radius 2 is 1.14 bits per heavy atom. The van der Waals surface area contributed by atoms with Gasteiger partial charge in [-0.15, -0.1) is 0 Å². The van der Waals surface area contributed by atoms with E-state index in [1.165, 1.54) is 18.2 Å². The van der Waals surface area contributed by atoms with Crippen LogP contribution in [0.3, 0.4) is 0 Å². The second kappa shape index (κ2) is 12.8. The molecule has 5 rings (SSSR count). The van der Waals surface area contributed by atoms with Gasteiger partial charge in [-0.25, -0.2) is 13.2 Å². The average molecular weight is 561 g/mol. The molecular weight excluding hydrogens is 529 g/mol. The van der Waals surface area contributed by atoms with Crippen LogP contribution in [0.15, 0.2) is 97.1 Å². The Morgan fingerprint density at radius 3 is 1.69 bits per heavy atom. The molecule has 0 aromatic heterocycles. The van der Waals surface area contributed by atoms with Crippen LogP contribution >= 0.6 is 0 Å². The first kappa shape index (κ1) is 28.8. The third kappa shape index (κ3) is 6.58. The van der Waals surface area contributed by atoms with Gasteiger partial charge in [0.25, 0.3) is 0 Å². The highest BCUT2D eigenvalue weighted by Gasteiger charge is 2.13. The first-order chi connectivity index (χ1) is 20.3. The number of hydrogen-bond acceptors (Lipinski definition) is 1. The quantitative estimate of drug-likeness (QED) is 0.142. The molecule has 0 radical (unpaired) electrons. The van der Waals surface area contributed by atoms with E-state index in [4.69, 9.17) is 4.74 Å². The highest BCUT2D eigenvalue weighted by molar-refractivity contribution is 5.74. The fourth-order valence-electron chi connectivity index (χ4n) is 4.68. The highest BCUT2D eigenvalue weighted by Crippen LogP contribution is 2.32. The SMILES string of the molecule is CCCCOc1cc(C)c(C#Cc2ccc(-c3ccc(-c4ccc(-c5ccc(C)cc5)cc4F)c(F)c3)cc2)cc1F. The largest absolute Gasteiger partial charge is 0.491 e. The fourth-order valence-corrected chi connectivity index (χ4v) is 4.68. The van der Waals surface area contributed by atoms with E-state index in [1.54, 1.807) is 24.3 Å². The minimum atomic E-state index is -0.502. The van der Waals surface area contributed by atoms with E-state index in [0.29, 0.717) is 17.7 Å². The predicted molar refractivity (Wildman–Crippen MR) is 165 cm³/mol. The molecule has 210 valence electrons. The van der Waals surface area contributed by atoms with Crippen molar-refractivity contribution in [1.82, 2.24) is 0 Å². The van der Waals surface area contributed by atoms with Gasteiger partial charge < -0.3 is 4.74 Å². The average Bonchev–Trinajstić information content (AvgIpc) is 2.99. The molecule has 0 aliphatic heterocycles. The Bertz CT molecular complexity index is 1780. The van der Waals surface area contributed by atoms with E-state index in [-0.39, 0.29) is 16.9 Å². The maximum absolute atomic E-state index is 15.2. The van der Waals surface area contributed by atoms with E-state index in [2.05, 4.69) is 18.8 Å². The predicted octanol–water partition coefficient (Wildman–Crippen LogP) is 10.3. The first-order valence-corrected chi connectivity index (χ1v) is 14.0. The van der Waals surface area contributed by atoms with E-state index < -0.39 is 17.5 Å². The molecular formula is C38H31F3O. The van der Waals surface area contributed by atoms with Crippen molar-refractivity contribution in [3.63, 3.8) is 0 Å². The lowest BCUT2D eigenvalue weighted by Gasteiger charge is -2.10. The minimum absolute atomic E-state index is 0.207. The lowest BCUT2D eigenvalue weighted by molar-refractivity contribution is 0.294. The van der Waals surface area contributed by atoms with Crippen molar-refractivity contribution in [2.45, 2.75) is 33.6 Å². The molecule has 4 heteroatoms. The van der Waals surface area contributed by atoms with Gasteiger partial charge in [0.15, 0.2) is 11.6 Å². The summed E-state index contributed by atoms with van der Waals surface area (Å²) in [7, 11) is 0. The van der Waals surface area contributed by atoms with Crippen LogP contribution in [0.4, 0.5) is 13.2 Å². The standard InChI is InChI=1S/C38H31F3O/c1-4-5-20-42-38-21-26(3)30(22-37(38)41)15-10-27-8-13-29(14-9-27)32-17-19-34(36(40)24-32)33-18-16-31(23-35(33)39)28-11-6-25(2)7-12-28/h6-9,11-14,16-19,21-24H,4-5,20H2,1-3H3. The van der Waals surface area contributed by atoms with Gasteiger partial charge in [0.05, 0.1) is 6.61 Å². The maximum atomic E-state index is 15.2. The molecule has 0 saturated heterocycles. The summed E-state index contributed by atoms with van der Waals surface area (Å²) in [6.07, 6.45) is 1.85. The number of halogens is 3. The smallest absolute Gasteiger partial charge is 0.166 e. The molecule has 5 aromatic carbocycles. The van der Waals surface area contributed by atoms with E-state index >= 15 is 8.78 Å². The van der Waals surface area contributed by atoms with Crippen molar-refractivity contribution in [2.24, 2.45) is 0 Å². The zero-order valence-electron chi connectivity index (χ0n) is 23.9. The third-order valence-corrected chi connectivity index (χ3v) is 7.21. The topological polar surface area (TPSA) is 9.23 Å². The summed E-state index contributed by atoms with van der Waals surface area (Å²) in [6, 6.07) is 28.0. The number of benzene rings is 5. The summed E-state index contributed by atoms with van der Waals surface area (Å²) in [5.74, 6) is 4.95. The van der Waals surface area contributed by atoms with Gasteiger partial charge in [-0.1, -0.05) is 91.4 Å². The van der Waals surface area contributed by atoms with Crippen molar-refractivity contribution >= 4 is 0 Å². The van der Waals surface area contributed by atoms with E-state index in [0.717, 1.165) is 46.2 Å². The molecule has 0 fully saturated rings. The van der Waals surface area contributed by atoms with Crippen LogP contribution in [-0.2, 0) is 0 Å². The van der Waals surface area contributed by atoms with Crippen molar-refractivity contribution in [3.8, 4) is 51.0 Å². The zero-order chi connectivity index (χ0) is 29.6. The molecule has 0 atom stereocenters. The first-order valence-electron chi connectivity index (χ1n) is 14.0. The molecule has 0 unspecified atom stereocenters. The summed E-state index contributed by atoms with van der Waals surface area (Å²) >= 11 is 0. The summed E-state index contributed by atoms with van der Waals surface area (Å²) in [4.78, 5) is 0. The van der Waals surface area contributed by atoms with Crippen molar-refractivity contribution in [1.29, 1.82) is 0 Å². The molecule has 0 spiro atoms. The highest BCUT2D eigenvalue weighted by atomic mass is 19.1. The van der Waals surface area contributed by atoms with Gasteiger partial charge in [-0.05, 0) is 84.5 Å². The molecule has 0 aliphatic rings. The zero-order valence-corrected chi connectivity index (χ0v) is 23.9. The fraction of sp³-hybridized carbons (Fsp3) is 0.158. The van der Waals surface area contributed by atoms with Crippen LogP contribution in [0.1, 0.15) is 42.0 Å². The molecule has 0 bridgehead atoms. The number of hydrogen-bond donors (Lipinski definition) is 0. The number of aryl methyl sites for hydroxylation is 2. The Balaban J connectivity index is 1.32. The summed E-state index contributed by atoms with van der Waals surface area (Å²) in [6.45, 7) is 6.41. The van der Waals surface area contributed by atoms with Crippen molar-refractivity contribution in [2.75, 3.05) is 6.61 Å². The van der Waals surface area contributed by atoms with E-state index in [9.17, 15) is 4.39 Å². The molecule has 0 saturated carbocycles. The number of unbranched alkanes of at least 4 members (excludes halogenated alkanes) is 1. The Hall–Kier alpha value is -4.75. The molecule has 42 heavy (non-hydrogen) atoms. The second-order valence-corrected chi connectivity index (χ2v) is 10.4. The molecule has 0 amide bonds. The van der Waals surface area contributed by atoms with Crippen LogP contribution in [0.25, 0.3) is 33.4 Å². The number of rotatable bonds is 7. The normalized spacial score (nSPS) is 10.7. The van der Waals surface area contributed by atoms with Gasteiger partial charge in [-0.3, -0.25) is 0 Å². The molecule has 0 aliphatic carbocycles. The third-order valence-electron chi connectivity index (χ3n) is 7.21. The Morgan fingerprint density at radius 1 is 0.595 bits per heavy atom. The Labute approximate surface area is 245 Å². The van der Waals surface area contributed by atoms with Crippen LogP contribution in [0.2, 0.25) is 0 Å². The van der Waals surface area contributed by atoms with Crippen molar-refractivity contribution in [3.05, 3.63) is 137 Å². The van der Waals surface area contributed by atoms with Gasteiger partial charge >= 0.3 is 0 Å². The molecule has 5 aromatic rings. The van der Waals surface area contributed by atoms with Gasteiger partial charge in [-0.2, -0.15) is 0 Å². The van der Waals surface area contributed by atoms with Crippen LogP contribution in [-0.4, -0.2) is 6.61 Å². The van der Waals surface area contributed by atoms with Crippen LogP contribution in [0.5, 0.6) is 5.75 Å². The molecule has 1 nitrogen and oxygen atoms in total. The van der Waals surface area contributed by atoms with E-state index in [1.807, 2.05) is 68.4 Å². The molecule has 0 N–H and O–H groups in total. The summed E-state index contributed by atoms with van der Waals surface area (Å²) < 4.78 is 50.3. The minimum Gasteiger partial charge on any atom is -0.491 e. The van der Waals surface area contributed by atoms with Gasteiger partial charge in [0.2, 0.25) is 0 Å². The Kier molecular flexibility index (Phi) is 8.79. The van der Waals surface area contributed by atoms with Crippen LogP contribution < -0.4 is 4.74 Å². The molecule has 0 heterocycles. The second-order valence-electron chi connectivity index (χ2n) is 10.4. The lowest BCUT2D eigenvalue weighted by Crippen LogP contribution is -2.00. The number of ether oxygens (including phenoxy) is 1. The van der Waals surface area contributed by atoms with Gasteiger partial charge in [0, 0.05) is 22.3 Å². The monoisotopic (exact) mass is 560 g/mol. The maximum Gasteiger partial charge on any atom is 0.166 e. The summed E-state index contributed by atoms with van der Waals surface area (Å²) in [5.41, 5.74) is 6.84. The summed E-state index contributed by atoms with van der Waals surface area (Å²) in [5, 5.41) is 0. The lowest BCUT2D eigenvalue weighted by atomic mass is 9.96. The van der Waals surface area contributed by atoms with Crippen molar-refractivity contribution < 1.29 is 17.9 Å².